The Morgan fingerprint density at radius 3 is 2.44 bits per heavy atom. The summed E-state index contributed by atoms with van der Waals surface area (Å²) in [6.45, 7) is 3.24. The zero-order chi connectivity index (χ0) is 13.9. The van der Waals surface area contributed by atoms with E-state index in [2.05, 4.69) is 4.74 Å². The average Bonchev–Trinajstić information content (AvgIpc) is 2.68. The standard InChI is InChI=1S/C11H19NO5S/c1-4-10(13)12(8(2)11(14)17-3)9-5-6-18(15,16)7-9/h8-9H,4-7H2,1-3H3/t8-,9+/m0/s1. The van der Waals surface area contributed by atoms with Gasteiger partial charge in [0, 0.05) is 12.5 Å². The molecule has 1 aliphatic heterocycles. The Bertz CT molecular complexity index is 431. The fraction of sp³-hybridized carbons (Fsp3) is 0.818. The fourth-order valence-corrected chi connectivity index (χ4v) is 3.91. The van der Waals surface area contributed by atoms with E-state index in [1.807, 2.05) is 0 Å². The minimum Gasteiger partial charge on any atom is -0.467 e. The predicted octanol–water partition coefficient (Wildman–Crippen LogP) is -0.0264. The van der Waals surface area contributed by atoms with Crippen LogP contribution in [0.1, 0.15) is 26.7 Å². The lowest BCUT2D eigenvalue weighted by Crippen LogP contribution is -2.50. The molecule has 0 aromatic rings. The van der Waals surface area contributed by atoms with Crippen LogP contribution in [-0.4, -0.2) is 55.9 Å². The first-order valence-electron chi connectivity index (χ1n) is 5.91. The lowest BCUT2D eigenvalue weighted by atomic mass is 10.1. The molecule has 0 radical (unpaired) electrons. The van der Waals surface area contributed by atoms with Crippen molar-refractivity contribution in [2.24, 2.45) is 0 Å². The van der Waals surface area contributed by atoms with Crippen molar-refractivity contribution in [3.8, 4) is 0 Å². The molecule has 1 rings (SSSR count). The van der Waals surface area contributed by atoms with Gasteiger partial charge in [-0.05, 0) is 13.3 Å². The smallest absolute Gasteiger partial charge is 0.328 e. The van der Waals surface area contributed by atoms with Gasteiger partial charge in [-0.15, -0.1) is 0 Å². The Labute approximate surface area is 107 Å². The number of nitrogens with zero attached hydrogens (tertiary/aromatic N) is 1. The molecule has 6 nitrogen and oxygen atoms in total. The Morgan fingerprint density at radius 2 is 2.06 bits per heavy atom. The number of hydrogen-bond acceptors (Lipinski definition) is 5. The molecule has 0 spiro atoms. The predicted molar refractivity (Wildman–Crippen MR) is 65.7 cm³/mol. The van der Waals surface area contributed by atoms with Crippen molar-refractivity contribution in [1.29, 1.82) is 0 Å². The second-order valence-electron chi connectivity index (χ2n) is 4.41. The van der Waals surface area contributed by atoms with E-state index in [0.29, 0.717) is 6.42 Å². The quantitative estimate of drug-likeness (QED) is 0.674. The minimum atomic E-state index is -3.09. The van der Waals surface area contributed by atoms with Gasteiger partial charge in [0.1, 0.15) is 6.04 Å². The van der Waals surface area contributed by atoms with Gasteiger partial charge in [-0.25, -0.2) is 13.2 Å². The van der Waals surface area contributed by atoms with E-state index < -0.39 is 27.9 Å². The van der Waals surface area contributed by atoms with Crippen LogP contribution in [0.15, 0.2) is 0 Å². The number of ether oxygens (including phenoxy) is 1. The highest BCUT2D eigenvalue weighted by Crippen LogP contribution is 2.21. The van der Waals surface area contributed by atoms with Crippen LogP contribution >= 0.6 is 0 Å². The number of esters is 1. The molecule has 1 amide bonds. The molecule has 1 saturated heterocycles. The summed E-state index contributed by atoms with van der Waals surface area (Å²) >= 11 is 0. The van der Waals surface area contributed by atoms with E-state index in [0.717, 1.165) is 0 Å². The molecule has 104 valence electrons. The summed E-state index contributed by atoms with van der Waals surface area (Å²) in [6.07, 6.45) is 0.618. The molecule has 1 heterocycles. The topological polar surface area (TPSA) is 80.8 Å². The maximum absolute atomic E-state index is 11.9. The second kappa shape index (κ2) is 5.69. The first kappa shape index (κ1) is 14.9. The summed E-state index contributed by atoms with van der Waals surface area (Å²) in [5.74, 6) is -0.754. The van der Waals surface area contributed by atoms with Gasteiger partial charge in [0.2, 0.25) is 5.91 Å². The molecule has 0 aromatic heterocycles. The van der Waals surface area contributed by atoms with Gasteiger partial charge in [0.25, 0.3) is 0 Å². The highest BCUT2D eigenvalue weighted by Gasteiger charge is 2.38. The lowest BCUT2D eigenvalue weighted by Gasteiger charge is -2.32. The maximum Gasteiger partial charge on any atom is 0.328 e. The maximum atomic E-state index is 11.9. The fourth-order valence-electron chi connectivity index (χ4n) is 2.20. The van der Waals surface area contributed by atoms with Crippen LogP contribution in [0.5, 0.6) is 0 Å². The number of methoxy groups -OCH3 is 1. The molecule has 0 aromatic carbocycles. The van der Waals surface area contributed by atoms with Gasteiger partial charge < -0.3 is 9.64 Å². The van der Waals surface area contributed by atoms with E-state index in [4.69, 9.17) is 0 Å². The van der Waals surface area contributed by atoms with E-state index in [-0.39, 0.29) is 23.8 Å². The van der Waals surface area contributed by atoms with Gasteiger partial charge >= 0.3 is 5.97 Å². The van der Waals surface area contributed by atoms with E-state index >= 15 is 0 Å². The number of carbonyl (C=O) groups excluding carboxylic acids is 2. The van der Waals surface area contributed by atoms with E-state index in [9.17, 15) is 18.0 Å². The molecule has 1 fully saturated rings. The Kier molecular flexibility index (Phi) is 4.72. The SMILES string of the molecule is CCC(=O)N([C@@H]1CCS(=O)(=O)C1)[C@@H](C)C(=O)OC. The Balaban J connectivity index is 2.93. The summed E-state index contributed by atoms with van der Waals surface area (Å²) in [7, 11) is -1.85. The average molecular weight is 277 g/mol. The highest BCUT2D eigenvalue weighted by atomic mass is 32.2. The molecular formula is C11H19NO5S. The molecule has 0 bridgehead atoms. The van der Waals surface area contributed by atoms with Crippen LogP contribution in [0.3, 0.4) is 0 Å². The van der Waals surface area contributed by atoms with Crippen molar-refractivity contribution in [3.63, 3.8) is 0 Å². The van der Waals surface area contributed by atoms with Crippen LogP contribution in [0.25, 0.3) is 0 Å². The van der Waals surface area contributed by atoms with Crippen LogP contribution < -0.4 is 0 Å². The van der Waals surface area contributed by atoms with Crippen LogP contribution in [0.2, 0.25) is 0 Å². The highest BCUT2D eigenvalue weighted by molar-refractivity contribution is 7.91. The first-order valence-corrected chi connectivity index (χ1v) is 7.74. The number of rotatable bonds is 4. The summed E-state index contributed by atoms with van der Waals surface area (Å²) < 4.78 is 27.5. The van der Waals surface area contributed by atoms with E-state index in [1.54, 1.807) is 13.8 Å². The summed E-state index contributed by atoms with van der Waals surface area (Å²) in [5.41, 5.74) is 0. The number of amides is 1. The van der Waals surface area contributed by atoms with Crippen molar-refractivity contribution in [3.05, 3.63) is 0 Å². The van der Waals surface area contributed by atoms with Crippen molar-refractivity contribution >= 4 is 21.7 Å². The normalized spacial score (nSPS) is 23.4. The van der Waals surface area contributed by atoms with Crippen molar-refractivity contribution < 1.29 is 22.7 Å². The summed E-state index contributed by atoms with van der Waals surface area (Å²) in [6, 6.07) is -1.17. The van der Waals surface area contributed by atoms with Crippen molar-refractivity contribution in [2.45, 2.75) is 38.8 Å². The van der Waals surface area contributed by atoms with Crippen molar-refractivity contribution in [2.75, 3.05) is 18.6 Å². The van der Waals surface area contributed by atoms with Crippen LogP contribution in [-0.2, 0) is 24.2 Å². The monoisotopic (exact) mass is 277 g/mol. The largest absolute Gasteiger partial charge is 0.467 e. The molecule has 2 atom stereocenters. The summed E-state index contributed by atoms with van der Waals surface area (Å²) in [4.78, 5) is 24.8. The lowest BCUT2D eigenvalue weighted by molar-refractivity contribution is -0.153. The summed E-state index contributed by atoms with van der Waals surface area (Å²) in [5, 5.41) is 0. The first-order chi connectivity index (χ1) is 8.32. The number of carbonyl (C=O) groups is 2. The number of hydrogen-bond donors (Lipinski definition) is 0. The minimum absolute atomic E-state index is 0.0685. The van der Waals surface area contributed by atoms with Crippen LogP contribution in [0.4, 0.5) is 0 Å². The number of sulfone groups is 1. The van der Waals surface area contributed by atoms with Gasteiger partial charge in [0.05, 0.1) is 18.6 Å². The van der Waals surface area contributed by atoms with Gasteiger partial charge in [-0.3, -0.25) is 4.79 Å². The molecule has 0 saturated carbocycles. The third kappa shape index (κ3) is 3.22. The molecular weight excluding hydrogens is 258 g/mol. The van der Waals surface area contributed by atoms with Crippen LogP contribution in [0, 0.1) is 0 Å². The second-order valence-corrected chi connectivity index (χ2v) is 6.64. The molecule has 0 unspecified atom stereocenters. The zero-order valence-electron chi connectivity index (χ0n) is 10.9. The van der Waals surface area contributed by atoms with Gasteiger partial charge in [-0.1, -0.05) is 6.92 Å². The molecule has 18 heavy (non-hydrogen) atoms. The zero-order valence-corrected chi connectivity index (χ0v) is 11.7. The van der Waals surface area contributed by atoms with E-state index in [1.165, 1.54) is 12.0 Å². The molecule has 7 heteroatoms. The molecule has 0 N–H and O–H groups in total. The molecule has 0 aliphatic carbocycles. The van der Waals surface area contributed by atoms with Crippen molar-refractivity contribution in [1.82, 2.24) is 4.90 Å². The molecule has 1 aliphatic rings. The van der Waals surface area contributed by atoms with Gasteiger partial charge in [-0.2, -0.15) is 0 Å². The Morgan fingerprint density at radius 1 is 1.44 bits per heavy atom. The third-order valence-electron chi connectivity index (χ3n) is 3.15. The third-order valence-corrected chi connectivity index (χ3v) is 4.90. The van der Waals surface area contributed by atoms with Gasteiger partial charge in [0.15, 0.2) is 9.84 Å². The Hall–Kier alpha value is -1.11.